The lowest BCUT2D eigenvalue weighted by Crippen LogP contribution is -2.38. The van der Waals surface area contributed by atoms with E-state index < -0.39 is 17.9 Å². The molecule has 0 radical (unpaired) electrons. The Balaban J connectivity index is 1.69. The van der Waals surface area contributed by atoms with Crippen molar-refractivity contribution < 1.29 is 29.0 Å². The highest BCUT2D eigenvalue weighted by Crippen LogP contribution is 2.10. The first-order valence-electron chi connectivity index (χ1n) is 8.65. The van der Waals surface area contributed by atoms with Crippen LogP contribution in [0.5, 0.6) is 5.75 Å². The first-order chi connectivity index (χ1) is 13.5. The Labute approximate surface area is 162 Å². The molecule has 148 valence electrons. The summed E-state index contributed by atoms with van der Waals surface area (Å²) < 4.78 is 10.7. The number of hydrogen-bond acceptors (Lipinski definition) is 5. The van der Waals surface area contributed by atoms with E-state index in [1.807, 2.05) is 30.3 Å². The van der Waals surface area contributed by atoms with Crippen LogP contribution >= 0.6 is 0 Å². The van der Waals surface area contributed by atoms with E-state index in [0.29, 0.717) is 17.9 Å². The Hall–Kier alpha value is -3.39. The third-order valence-corrected chi connectivity index (χ3v) is 3.62. The number of nitrogens with one attached hydrogen (secondary N) is 2. The van der Waals surface area contributed by atoms with Crippen molar-refractivity contribution in [3.8, 4) is 5.75 Å². The normalized spacial score (nSPS) is 11.3. The van der Waals surface area contributed by atoms with Gasteiger partial charge in [0.05, 0.1) is 6.61 Å². The Morgan fingerprint density at radius 2 is 1.68 bits per heavy atom. The van der Waals surface area contributed by atoms with Gasteiger partial charge in [0.15, 0.2) is 0 Å². The molecule has 0 aliphatic rings. The molecule has 0 aliphatic heterocycles. The summed E-state index contributed by atoms with van der Waals surface area (Å²) in [6.45, 7) is 1.84. The molecular formula is C20H22N2O6. The highest BCUT2D eigenvalue weighted by atomic mass is 16.5. The molecule has 0 heterocycles. The van der Waals surface area contributed by atoms with Gasteiger partial charge < -0.3 is 25.2 Å². The third kappa shape index (κ3) is 7.08. The molecule has 2 aromatic carbocycles. The highest BCUT2D eigenvalue weighted by molar-refractivity contribution is 5.97. The number of carbonyl (C=O) groups is 3. The number of rotatable bonds is 10. The molecule has 0 aromatic heterocycles. The first kappa shape index (κ1) is 20.9. The van der Waals surface area contributed by atoms with Gasteiger partial charge in [0, 0.05) is 11.3 Å². The monoisotopic (exact) mass is 386 g/mol. The summed E-state index contributed by atoms with van der Waals surface area (Å²) in [6.07, 6.45) is 0. The second-order valence-electron chi connectivity index (χ2n) is 5.87. The van der Waals surface area contributed by atoms with E-state index in [0.717, 1.165) is 5.75 Å². The van der Waals surface area contributed by atoms with Crippen LogP contribution in [0, 0.1) is 0 Å². The molecule has 0 fully saturated rings. The second kappa shape index (κ2) is 10.7. The molecule has 0 spiro atoms. The number of para-hydroxylation sites is 1. The van der Waals surface area contributed by atoms with E-state index in [-0.39, 0.29) is 19.1 Å². The number of carboxylic acid groups (broad SMARTS) is 1. The van der Waals surface area contributed by atoms with Gasteiger partial charge in [0.25, 0.3) is 5.91 Å². The Morgan fingerprint density at radius 3 is 2.32 bits per heavy atom. The molecule has 1 atom stereocenters. The maximum atomic E-state index is 11.9. The quantitative estimate of drug-likeness (QED) is 0.538. The van der Waals surface area contributed by atoms with Crippen LogP contribution in [0.15, 0.2) is 54.6 Å². The van der Waals surface area contributed by atoms with Gasteiger partial charge in [-0.3, -0.25) is 14.4 Å². The van der Waals surface area contributed by atoms with Crippen molar-refractivity contribution in [2.24, 2.45) is 0 Å². The number of benzene rings is 2. The number of aliphatic carboxylic acids is 1. The van der Waals surface area contributed by atoms with Gasteiger partial charge in [0.1, 0.15) is 25.0 Å². The zero-order valence-corrected chi connectivity index (χ0v) is 15.4. The van der Waals surface area contributed by atoms with Crippen molar-refractivity contribution >= 4 is 23.5 Å². The summed E-state index contributed by atoms with van der Waals surface area (Å²) in [4.78, 5) is 34.5. The standard InChI is InChI=1S/C20H22N2O6/c1-14(20(25)26)21-19(24)15-7-9-16(10-8-15)22-18(23)13-27-11-12-28-17-5-3-2-4-6-17/h2-10,14H,11-13H2,1H3,(H,21,24)(H,22,23)(H,25,26). The van der Waals surface area contributed by atoms with E-state index in [9.17, 15) is 14.4 Å². The van der Waals surface area contributed by atoms with Gasteiger partial charge in [-0.05, 0) is 43.3 Å². The first-order valence-corrected chi connectivity index (χ1v) is 8.65. The third-order valence-electron chi connectivity index (χ3n) is 3.62. The lowest BCUT2D eigenvalue weighted by molar-refractivity contribution is -0.138. The van der Waals surface area contributed by atoms with Crippen LogP contribution in [0.25, 0.3) is 0 Å². The number of amides is 2. The van der Waals surface area contributed by atoms with Gasteiger partial charge in [-0.25, -0.2) is 0 Å². The maximum Gasteiger partial charge on any atom is 0.325 e. The average molecular weight is 386 g/mol. The number of ether oxygens (including phenoxy) is 2. The predicted octanol–water partition coefficient (Wildman–Crippen LogP) is 1.92. The molecule has 8 heteroatoms. The number of hydrogen-bond donors (Lipinski definition) is 3. The minimum atomic E-state index is -1.12. The zero-order valence-electron chi connectivity index (χ0n) is 15.4. The van der Waals surface area contributed by atoms with E-state index in [1.54, 1.807) is 12.1 Å². The zero-order chi connectivity index (χ0) is 20.4. The van der Waals surface area contributed by atoms with Crippen molar-refractivity contribution in [2.45, 2.75) is 13.0 Å². The molecule has 0 saturated heterocycles. The van der Waals surface area contributed by atoms with Crippen LogP contribution in [0.1, 0.15) is 17.3 Å². The van der Waals surface area contributed by atoms with Crippen LogP contribution in [0.4, 0.5) is 5.69 Å². The molecule has 1 unspecified atom stereocenters. The summed E-state index contributed by atoms with van der Waals surface area (Å²) in [7, 11) is 0. The van der Waals surface area contributed by atoms with Gasteiger partial charge in [-0.2, -0.15) is 0 Å². The number of anilines is 1. The van der Waals surface area contributed by atoms with Gasteiger partial charge in [-0.15, -0.1) is 0 Å². The molecule has 2 amide bonds. The van der Waals surface area contributed by atoms with Crippen LogP contribution in [-0.2, 0) is 14.3 Å². The molecule has 2 rings (SSSR count). The average Bonchev–Trinajstić information content (AvgIpc) is 2.69. The lowest BCUT2D eigenvalue weighted by Gasteiger charge is -2.10. The van der Waals surface area contributed by atoms with Crippen molar-refractivity contribution in [3.05, 3.63) is 60.2 Å². The Bertz CT molecular complexity index is 792. The molecule has 2 aromatic rings. The van der Waals surface area contributed by atoms with Gasteiger partial charge in [0.2, 0.25) is 5.91 Å². The summed E-state index contributed by atoms with van der Waals surface area (Å²) in [5.74, 6) is -1.23. The van der Waals surface area contributed by atoms with E-state index in [1.165, 1.54) is 19.1 Å². The predicted molar refractivity (Wildman–Crippen MR) is 102 cm³/mol. The minimum Gasteiger partial charge on any atom is -0.491 e. The van der Waals surface area contributed by atoms with Gasteiger partial charge >= 0.3 is 5.97 Å². The van der Waals surface area contributed by atoms with Crippen LogP contribution in [0.2, 0.25) is 0 Å². The molecule has 0 aliphatic carbocycles. The van der Waals surface area contributed by atoms with Crippen molar-refractivity contribution in [1.29, 1.82) is 0 Å². The SMILES string of the molecule is CC(NC(=O)c1ccc(NC(=O)COCCOc2ccccc2)cc1)C(=O)O. The molecule has 28 heavy (non-hydrogen) atoms. The highest BCUT2D eigenvalue weighted by Gasteiger charge is 2.15. The van der Waals surface area contributed by atoms with E-state index in [4.69, 9.17) is 14.6 Å². The topological polar surface area (TPSA) is 114 Å². The molecule has 0 saturated carbocycles. The summed E-state index contributed by atoms with van der Waals surface area (Å²) in [5, 5.41) is 13.8. The molecule has 8 nitrogen and oxygen atoms in total. The van der Waals surface area contributed by atoms with Crippen molar-refractivity contribution in [1.82, 2.24) is 5.32 Å². The summed E-state index contributed by atoms with van der Waals surface area (Å²) >= 11 is 0. The summed E-state index contributed by atoms with van der Waals surface area (Å²) in [5.41, 5.74) is 0.789. The fourth-order valence-electron chi connectivity index (χ4n) is 2.14. The smallest absolute Gasteiger partial charge is 0.325 e. The van der Waals surface area contributed by atoms with Crippen molar-refractivity contribution in [2.75, 3.05) is 25.1 Å². The van der Waals surface area contributed by atoms with Crippen LogP contribution < -0.4 is 15.4 Å². The molecule has 0 bridgehead atoms. The maximum absolute atomic E-state index is 11.9. The van der Waals surface area contributed by atoms with E-state index >= 15 is 0 Å². The fourth-order valence-corrected chi connectivity index (χ4v) is 2.14. The van der Waals surface area contributed by atoms with Crippen molar-refractivity contribution in [3.63, 3.8) is 0 Å². The summed E-state index contributed by atoms with van der Waals surface area (Å²) in [6, 6.07) is 14.4. The van der Waals surface area contributed by atoms with E-state index in [2.05, 4.69) is 10.6 Å². The lowest BCUT2D eigenvalue weighted by atomic mass is 10.2. The minimum absolute atomic E-state index is 0.128. The number of carbonyl (C=O) groups excluding carboxylic acids is 2. The molecule has 3 N–H and O–H groups in total. The Kier molecular flexibility index (Phi) is 7.98. The van der Waals surface area contributed by atoms with Crippen LogP contribution in [-0.4, -0.2) is 48.8 Å². The fraction of sp³-hybridized carbons (Fsp3) is 0.250. The van der Waals surface area contributed by atoms with Gasteiger partial charge in [-0.1, -0.05) is 18.2 Å². The molecular weight excluding hydrogens is 364 g/mol. The number of carboxylic acids is 1. The Morgan fingerprint density at radius 1 is 1.00 bits per heavy atom. The second-order valence-corrected chi connectivity index (χ2v) is 5.87. The van der Waals surface area contributed by atoms with Crippen LogP contribution in [0.3, 0.4) is 0 Å². The largest absolute Gasteiger partial charge is 0.491 e.